The number of alkyl halides is 1. The Labute approximate surface area is 165 Å². The molecule has 0 N–H and O–H groups in total. The topological polar surface area (TPSA) is 41.4 Å². The number of likely N-dealkylation sites (tertiary alicyclic amines) is 1. The Balaban J connectivity index is 1.55. The van der Waals surface area contributed by atoms with Crippen molar-refractivity contribution in [2.24, 2.45) is 11.8 Å². The van der Waals surface area contributed by atoms with Crippen LogP contribution in [0, 0.1) is 11.8 Å². The first kappa shape index (κ1) is 17.7. The highest BCUT2D eigenvalue weighted by Gasteiger charge is 2.52. The number of carbonyl (C=O) groups excluding carboxylic acids is 1. The maximum Gasteiger partial charge on any atom is 0.225 e. The molecule has 2 aromatic rings. The largest absolute Gasteiger partial charge is 0.355 e. The zero-order valence-corrected chi connectivity index (χ0v) is 16.5. The molecule has 148 valence electrons. The number of pyridine rings is 1. The van der Waals surface area contributed by atoms with Gasteiger partial charge in [-0.2, -0.15) is 0 Å². The van der Waals surface area contributed by atoms with E-state index < -0.39 is 6.17 Å². The third kappa shape index (κ3) is 2.50. The first-order valence-electron chi connectivity index (χ1n) is 10.3. The summed E-state index contributed by atoms with van der Waals surface area (Å²) in [6.07, 6.45) is 4.77. The highest BCUT2D eigenvalue weighted by Crippen LogP contribution is 2.48. The molecule has 1 saturated carbocycles. The maximum absolute atomic E-state index is 13.3. The minimum atomic E-state index is -0.798. The van der Waals surface area contributed by atoms with Gasteiger partial charge in [0.05, 0.1) is 11.4 Å². The van der Waals surface area contributed by atoms with E-state index in [1.54, 1.807) is 0 Å². The summed E-state index contributed by atoms with van der Waals surface area (Å²) in [6, 6.07) is 8.36. The predicted molar refractivity (Wildman–Crippen MR) is 106 cm³/mol. The van der Waals surface area contributed by atoms with E-state index in [1.807, 2.05) is 17.2 Å². The predicted octanol–water partition coefficient (Wildman–Crippen LogP) is 3.52. The van der Waals surface area contributed by atoms with Crippen molar-refractivity contribution in [2.45, 2.75) is 44.8 Å². The molecule has 2 aliphatic heterocycles. The molecule has 1 atom stereocenters. The number of hydrogen-bond acceptors (Lipinski definition) is 3. The van der Waals surface area contributed by atoms with Crippen molar-refractivity contribution in [3.05, 3.63) is 42.4 Å². The van der Waals surface area contributed by atoms with Crippen LogP contribution in [-0.4, -0.2) is 46.2 Å². The molecule has 6 heteroatoms. The summed E-state index contributed by atoms with van der Waals surface area (Å²) in [5.74, 6) is 1.44. The summed E-state index contributed by atoms with van der Waals surface area (Å²) in [5, 5.41) is 0. The zero-order chi connectivity index (χ0) is 19.5. The van der Waals surface area contributed by atoms with E-state index in [-0.39, 0.29) is 17.4 Å². The maximum atomic E-state index is 13.3. The van der Waals surface area contributed by atoms with E-state index in [0.717, 1.165) is 31.0 Å². The van der Waals surface area contributed by atoms with Gasteiger partial charge in [0.25, 0.3) is 0 Å². The van der Waals surface area contributed by atoms with Gasteiger partial charge in [-0.3, -0.25) is 4.79 Å². The molecule has 5 nitrogen and oxygen atoms in total. The van der Waals surface area contributed by atoms with Crippen LogP contribution in [0.3, 0.4) is 0 Å². The molecule has 0 bridgehead atoms. The second-order valence-corrected chi connectivity index (χ2v) is 8.92. The number of carbonyl (C=O) groups is 1. The number of amides is 1. The fourth-order valence-corrected chi connectivity index (χ4v) is 5.16. The van der Waals surface area contributed by atoms with Crippen molar-refractivity contribution < 1.29 is 9.18 Å². The first-order valence-corrected chi connectivity index (χ1v) is 10.3. The van der Waals surface area contributed by atoms with Crippen LogP contribution < -0.4 is 4.90 Å². The third-order valence-electron chi connectivity index (χ3n) is 6.56. The number of fused-ring (bicyclic) bond motifs is 4. The molecule has 0 unspecified atom stereocenters. The number of aromatic nitrogens is 2. The fraction of sp³-hybridized carbons (Fsp3) is 0.545. The van der Waals surface area contributed by atoms with Gasteiger partial charge < -0.3 is 14.4 Å². The van der Waals surface area contributed by atoms with Crippen molar-refractivity contribution in [1.82, 2.24) is 14.5 Å². The van der Waals surface area contributed by atoms with Gasteiger partial charge in [0.1, 0.15) is 11.7 Å². The lowest BCUT2D eigenvalue weighted by atomic mass is 9.82. The smallest absolute Gasteiger partial charge is 0.225 e. The van der Waals surface area contributed by atoms with E-state index in [2.05, 4.69) is 52.7 Å². The van der Waals surface area contributed by atoms with Crippen LogP contribution in [0.5, 0.6) is 0 Å². The molecule has 4 heterocycles. The Morgan fingerprint density at radius 3 is 2.89 bits per heavy atom. The summed E-state index contributed by atoms with van der Waals surface area (Å²) in [4.78, 5) is 22.1. The van der Waals surface area contributed by atoms with E-state index >= 15 is 0 Å². The second kappa shape index (κ2) is 6.33. The van der Waals surface area contributed by atoms with E-state index in [0.29, 0.717) is 25.3 Å². The molecule has 1 amide bonds. The molecule has 2 aromatic heterocycles. The molecular weight excluding hydrogens is 355 g/mol. The van der Waals surface area contributed by atoms with Crippen LogP contribution in [0.15, 0.2) is 36.7 Å². The van der Waals surface area contributed by atoms with Crippen LogP contribution in [0.4, 0.5) is 10.1 Å². The number of anilines is 1. The molecule has 5 rings (SSSR count). The van der Waals surface area contributed by atoms with Gasteiger partial charge in [-0.1, -0.05) is 13.8 Å². The van der Waals surface area contributed by atoms with E-state index in [1.165, 1.54) is 5.69 Å². The summed E-state index contributed by atoms with van der Waals surface area (Å²) >= 11 is 0. The van der Waals surface area contributed by atoms with Crippen molar-refractivity contribution >= 4 is 11.6 Å². The third-order valence-corrected chi connectivity index (χ3v) is 6.56. The lowest BCUT2D eigenvalue weighted by Gasteiger charge is -2.48. The number of nitrogens with zero attached hydrogens (tertiary/aromatic N) is 4. The van der Waals surface area contributed by atoms with E-state index in [9.17, 15) is 9.18 Å². The Kier molecular flexibility index (Phi) is 4.00. The monoisotopic (exact) mass is 382 g/mol. The van der Waals surface area contributed by atoms with Crippen LogP contribution in [0.25, 0.3) is 5.82 Å². The van der Waals surface area contributed by atoms with Gasteiger partial charge >= 0.3 is 0 Å². The Morgan fingerprint density at radius 2 is 2.14 bits per heavy atom. The van der Waals surface area contributed by atoms with Crippen molar-refractivity contribution in [2.75, 3.05) is 24.5 Å². The number of rotatable bonds is 3. The molecule has 2 fully saturated rings. The number of halogens is 1. The average Bonchev–Trinajstić information content (AvgIpc) is 3.30. The van der Waals surface area contributed by atoms with E-state index in [4.69, 9.17) is 0 Å². The number of hydrogen-bond donors (Lipinski definition) is 0. The molecular formula is C22H27FN4O. The molecule has 1 aliphatic carbocycles. The Morgan fingerprint density at radius 1 is 1.32 bits per heavy atom. The minimum Gasteiger partial charge on any atom is -0.355 e. The summed E-state index contributed by atoms with van der Waals surface area (Å²) < 4.78 is 15.5. The zero-order valence-electron chi connectivity index (χ0n) is 16.5. The Bertz CT molecular complexity index is 903. The second-order valence-electron chi connectivity index (χ2n) is 8.92. The molecule has 3 aliphatic rings. The molecule has 1 saturated heterocycles. The fourth-order valence-electron chi connectivity index (χ4n) is 5.16. The van der Waals surface area contributed by atoms with Gasteiger partial charge in [0.15, 0.2) is 5.82 Å². The van der Waals surface area contributed by atoms with Crippen LogP contribution in [-0.2, 0) is 10.3 Å². The Hall–Kier alpha value is -2.37. The molecule has 28 heavy (non-hydrogen) atoms. The molecule has 0 radical (unpaired) electrons. The standard InChI is InChI=1S/C22H27FN4O/c1-15(2)13-27-18-5-3-8-24-20(18)26-9-4-6-19(26)22(27)7-10-25(14-22)21(28)16-11-17(23)12-16/h3-6,8-9,15-17H,7,10-14H2,1-2H3/t16?,17?,22-/m1/s1. The molecule has 1 spiro atoms. The highest BCUT2D eigenvalue weighted by atomic mass is 19.1. The minimum absolute atomic E-state index is 0.130. The van der Waals surface area contributed by atoms with Crippen LogP contribution >= 0.6 is 0 Å². The van der Waals surface area contributed by atoms with Gasteiger partial charge in [0.2, 0.25) is 5.91 Å². The van der Waals surface area contributed by atoms with Gasteiger partial charge in [-0.05, 0) is 49.4 Å². The normalized spacial score (nSPS) is 28.4. The van der Waals surface area contributed by atoms with Gasteiger partial charge in [-0.15, -0.1) is 0 Å². The summed E-state index contributed by atoms with van der Waals surface area (Å²) in [7, 11) is 0. The van der Waals surface area contributed by atoms with Gasteiger partial charge in [-0.25, -0.2) is 9.37 Å². The van der Waals surface area contributed by atoms with Crippen LogP contribution in [0.1, 0.15) is 38.8 Å². The highest BCUT2D eigenvalue weighted by molar-refractivity contribution is 5.81. The van der Waals surface area contributed by atoms with Gasteiger partial charge in [0, 0.05) is 37.9 Å². The average molecular weight is 382 g/mol. The van der Waals surface area contributed by atoms with Crippen molar-refractivity contribution in [3.63, 3.8) is 0 Å². The lowest BCUT2D eigenvalue weighted by molar-refractivity contribution is -0.139. The lowest BCUT2D eigenvalue weighted by Crippen LogP contribution is -2.54. The van der Waals surface area contributed by atoms with Crippen molar-refractivity contribution in [1.29, 1.82) is 0 Å². The summed E-state index contributed by atoms with van der Waals surface area (Å²) in [5.41, 5.74) is 2.08. The molecule has 0 aromatic carbocycles. The van der Waals surface area contributed by atoms with Crippen molar-refractivity contribution in [3.8, 4) is 5.82 Å². The SMILES string of the molecule is CC(C)CN1c2cccnc2-n2cccc2[C@]12CCN(C(=O)C1CC(F)C1)C2. The van der Waals surface area contributed by atoms with Crippen LogP contribution in [0.2, 0.25) is 0 Å². The summed E-state index contributed by atoms with van der Waals surface area (Å²) in [6.45, 7) is 6.74. The quantitative estimate of drug-likeness (QED) is 0.816. The first-order chi connectivity index (χ1) is 13.5.